The van der Waals surface area contributed by atoms with E-state index in [1.807, 2.05) is 0 Å². The molecule has 25 heavy (non-hydrogen) atoms. The molecule has 1 saturated carbocycles. The highest BCUT2D eigenvalue weighted by molar-refractivity contribution is 9.10. The molecule has 1 aliphatic rings. The molecule has 4 nitrogen and oxygen atoms in total. The summed E-state index contributed by atoms with van der Waals surface area (Å²) in [5.74, 6) is 0.0166. The van der Waals surface area contributed by atoms with Crippen LogP contribution < -0.4 is 4.90 Å². The van der Waals surface area contributed by atoms with Crippen molar-refractivity contribution in [3.05, 3.63) is 28.5 Å². The summed E-state index contributed by atoms with van der Waals surface area (Å²) < 4.78 is 15.1. The number of nitrogens with zero attached hydrogens (tertiary/aromatic N) is 2. The number of amides is 2. The van der Waals surface area contributed by atoms with Crippen LogP contribution in [-0.4, -0.2) is 41.8 Å². The predicted octanol–water partition coefficient (Wildman–Crippen LogP) is 4.80. The summed E-state index contributed by atoms with van der Waals surface area (Å²) in [5.41, 5.74) is 0.316. The second-order valence-electron chi connectivity index (χ2n) is 7.29. The normalized spacial score (nSPS) is 20.6. The summed E-state index contributed by atoms with van der Waals surface area (Å²) in [4.78, 5) is 16.3. The number of rotatable bonds is 5. The molecule has 1 aromatic rings. The van der Waals surface area contributed by atoms with Gasteiger partial charge in [-0.3, -0.25) is 4.90 Å². The summed E-state index contributed by atoms with van der Waals surface area (Å²) in [6, 6.07) is 4.71. The molecule has 140 valence electrons. The maximum Gasteiger partial charge on any atom is 0.324 e. The number of aliphatic hydroxyl groups excluding tert-OH is 1. The van der Waals surface area contributed by atoms with Crippen LogP contribution in [0.15, 0.2) is 22.7 Å². The number of anilines is 1. The fourth-order valence-corrected chi connectivity index (χ4v) is 3.53. The van der Waals surface area contributed by atoms with Crippen molar-refractivity contribution in [1.82, 2.24) is 4.90 Å². The van der Waals surface area contributed by atoms with Gasteiger partial charge in [0.2, 0.25) is 0 Å². The fourth-order valence-electron chi connectivity index (χ4n) is 3.20. The van der Waals surface area contributed by atoms with Crippen molar-refractivity contribution in [3.63, 3.8) is 0 Å². The van der Waals surface area contributed by atoms with Crippen molar-refractivity contribution in [2.24, 2.45) is 5.92 Å². The number of hydrogen-bond donors (Lipinski definition) is 1. The van der Waals surface area contributed by atoms with Crippen molar-refractivity contribution in [1.29, 1.82) is 0 Å². The predicted molar refractivity (Wildman–Crippen MR) is 102 cm³/mol. The van der Waals surface area contributed by atoms with Gasteiger partial charge >= 0.3 is 6.03 Å². The smallest absolute Gasteiger partial charge is 0.324 e. The van der Waals surface area contributed by atoms with Gasteiger partial charge in [-0.05, 0) is 56.2 Å². The largest absolute Gasteiger partial charge is 0.393 e. The zero-order valence-corrected chi connectivity index (χ0v) is 16.8. The first-order chi connectivity index (χ1) is 11.8. The van der Waals surface area contributed by atoms with Crippen molar-refractivity contribution < 1.29 is 14.3 Å². The van der Waals surface area contributed by atoms with Crippen molar-refractivity contribution in [3.8, 4) is 0 Å². The van der Waals surface area contributed by atoms with Crippen molar-refractivity contribution in [2.75, 3.05) is 18.5 Å². The van der Waals surface area contributed by atoms with Gasteiger partial charge in [-0.1, -0.05) is 29.8 Å². The quantitative estimate of drug-likeness (QED) is 0.751. The van der Waals surface area contributed by atoms with E-state index < -0.39 is 5.82 Å². The summed E-state index contributed by atoms with van der Waals surface area (Å²) in [7, 11) is 1.78. The minimum atomic E-state index is -0.404. The zero-order chi connectivity index (χ0) is 18.6. The standard InChI is InChI=1S/C19H28BrFN2O2/c1-13(2)10-11-23(18-9-4-14(20)12-17(18)21)19(25)22(3)15-5-7-16(24)8-6-15/h4,9,12-13,15-16,24H,5-8,10-11H2,1-3H3/t15-,16+. The van der Waals surface area contributed by atoms with Crippen LogP contribution in [-0.2, 0) is 0 Å². The summed E-state index contributed by atoms with van der Waals surface area (Å²) in [6.45, 7) is 4.66. The zero-order valence-electron chi connectivity index (χ0n) is 15.2. The van der Waals surface area contributed by atoms with Crippen LogP contribution in [0.25, 0.3) is 0 Å². The van der Waals surface area contributed by atoms with Gasteiger partial charge in [-0.15, -0.1) is 0 Å². The Balaban J connectivity index is 2.20. The summed E-state index contributed by atoms with van der Waals surface area (Å²) in [5, 5.41) is 9.67. The van der Waals surface area contributed by atoms with E-state index in [9.17, 15) is 14.3 Å². The molecule has 2 amide bonds. The lowest BCUT2D eigenvalue weighted by Crippen LogP contribution is -2.48. The van der Waals surface area contributed by atoms with Crippen molar-refractivity contribution >= 4 is 27.6 Å². The van der Waals surface area contributed by atoms with Crippen LogP contribution in [0.5, 0.6) is 0 Å². The molecule has 1 aliphatic carbocycles. The molecule has 0 aliphatic heterocycles. The Morgan fingerprint density at radius 2 is 1.96 bits per heavy atom. The highest BCUT2D eigenvalue weighted by atomic mass is 79.9. The summed E-state index contributed by atoms with van der Waals surface area (Å²) in [6.07, 6.45) is 3.52. The van der Waals surface area contributed by atoms with Crippen LogP contribution in [0.4, 0.5) is 14.9 Å². The molecule has 0 radical (unpaired) electrons. The number of carbonyl (C=O) groups is 1. The molecule has 0 unspecified atom stereocenters. The number of benzene rings is 1. The first-order valence-electron chi connectivity index (χ1n) is 8.97. The van der Waals surface area contributed by atoms with Crippen LogP contribution in [0.1, 0.15) is 46.0 Å². The lowest BCUT2D eigenvalue weighted by molar-refractivity contribution is 0.0930. The van der Waals surface area contributed by atoms with Gasteiger partial charge in [0, 0.05) is 24.1 Å². The third kappa shape index (κ3) is 5.42. The van der Waals surface area contributed by atoms with E-state index in [-0.39, 0.29) is 18.2 Å². The van der Waals surface area contributed by atoms with E-state index in [2.05, 4.69) is 29.8 Å². The average molecular weight is 415 g/mol. The maximum atomic E-state index is 14.5. The Morgan fingerprint density at radius 1 is 1.32 bits per heavy atom. The molecule has 0 heterocycles. The number of hydrogen-bond acceptors (Lipinski definition) is 2. The lowest BCUT2D eigenvalue weighted by Gasteiger charge is -2.36. The van der Waals surface area contributed by atoms with E-state index in [0.29, 0.717) is 35.5 Å². The topological polar surface area (TPSA) is 43.8 Å². The lowest BCUT2D eigenvalue weighted by atomic mass is 9.92. The highest BCUT2D eigenvalue weighted by Crippen LogP contribution is 2.28. The molecule has 1 aromatic carbocycles. The molecule has 6 heteroatoms. The molecule has 0 atom stereocenters. The molecule has 0 aromatic heterocycles. The van der Waals surface area contributed by atoms with Crippen LogP contribution >= 0.6 is 15.9 Å². The van der Waals surface area contributed by atoms with Crippen LogP contribution in [0.3, 0.4) is 0 Å². The van der Waals surface area contributed by atoms with Gasteiger partial charge in [-0.25, -0.2) is 9.18 Å². The molecular weight excluding hydrogens is 387 g/mol. The number of aliphatic hydroxyl groups is 1. The maximum absolute atomic E-state index is 14.5. The first kappa shape index (κ1) is 20.2. The Morgan fingerprint density at radius 3 is 2.52 bits per heavy atom. The Kier molecular flexibility index (Phi) is 7.25. The van der Waals surface area contributed by atoms with E-state index in [1.165, 1.54) is 6.07 Å². The van der Waals surface area contributed by atoms with Gasteiger partial charge in [0.15, 0.2) is 0 Å². The minimum Gasteiger partial charge on any atom is -0.393 e. The molecule has 2 rings (SSSR count). The molecule has 0 spiro atoms. The SMILES string of the molecule is CC(C)CCN(C(=O)N(C)[C@H]1CC[C@@H](O)CC1)c1ccc(Br)cc1F. The minimum absolute atomic E-state index is 0.0935. The third-order valence-electron chi connectivity index (χ3n) is 4.88. The third-order valence-corrected chi connectivity index (χ3v) is 5.37. The Labute approximate surface area is 158 Å². The fraction of sp³-hybridized carbons (Fsp3) is 0.632. The Bertz CT molecular complexity index is 589. The van der Waals surface area contributed by atoms with Crippen LogP contribution in [0.2, 0.25) is 0 Å². The second kappa shape index (κ2) is 8.99. The number of carbonyl (C=O) groups excluding carboxylic acids is 1. The van der Waals surface area contributed by atoms with E-state index in [0.717, 1.165) is 19.3 Å². The molecule has 0 bridgehead atoms. The molecule has 1 fully saturated rings. The second-order valence-corrected chi connectivity index (χ2v) is 8.20. The van der Waals surface area contributed by atoms with E-state index in [4.69, 9.17) is 0 Å². The average Bonchev–Trinajstić information content (AvgIpc) is 2.56. The molecule has 1 N–H and O–H groups in total. The van der Waals surface area contributed by atoms with Gasteiger partial charge in [0.25, 0.3) is 0 Å². The molecule has 0 saturated heterocycles. The van der Waals surface area contributed by atoms with Crippen molar-refractivity contribution in [2.45, 2.75) is 58.1 Å². The number of halogens is 2. The van der Waals surface area contributed by atoms with Crippen LogP contribution in [0, 0.1) is 11.7 Å². The van der Waals surface area contributed by atoms with Gasteiger partial charge in [-0.2, -0.15) is 0 Å². The van der Waals surface area contributed by atoms with Gasteiger partial charge in [0.05, 0.1) is 11.8 Å². The first-order valence-corrected chi connectivity index (χ1v) is 9.76. The van der Waals surface area contributed by atoms with E-state index >= 15 is 0 Å². The highest BCUT2D eigenvalue weighted by Gasteiger charge is 2.30. The van der Waals surface area contributed by atoms with E-state index in [1.54, 1.807) is 29.0 Å². The van der Waals surface area contributed by atoms with Gasteiger partial charge in [0.1, 0.15) is 5.82 Å². The Hall–Kier alpha value is -1.14. The summed E-state index contributed by atoms with van der Waals surface area (Å²) >= 11 is 3.26. The number of urea groups is 1. The van der Waals surface area contributed by atoms with Gasteiger partial charge < -0.3 is 10.0 Å². The molecular formula is C19H28BrFN2O2. The monoisotopic (exact) mass is 414 g/mol.